The minimum absolute atomic E-state index is 0.107. The molecule has 0 fully saturated rings. The van der Waals surface area contributed by atoms with Crippen LogP contribution in [0.25, 0.3) is 0 Å². The van der Waals surface area contributed by atoms with Crippen molar-refractivity contribution in [1.82, 2.24) is 0 Å². The van der Waals surface area contributed by atoms with E-state index in [2.05, 4.69) is 21.2 Å². The molecule has 2 aromatic carbocycles. The van der Waals surface area contributed by atoms with Crippen molar-refractivity contribution in [1.29, 1.82) is 0 Å². The lowest BCUT2D eigenvalue weighted by atomic mass is 10.3. The molecule has 0 bridgehead atoms. The lowest BCUT2D eigenvalue weighted by molar-refractivity contribution is -0.115. The number of benzene rings is 2. The molecule has 0 heterocycles. The summed E-state index contributed by atoms with van der Waals surface area (Å²) in [6.45, 7) is 0. The maximum atomic E-state index is 11.9. The number of para-hydroxylation sites is 1. The molecule has 0 atom stereocenters. The first-order chi connectivity index (χ1) is 10.1. The first-order valence-electron chi connectivity index (χ1n) is 6.19. The van der Waals surface area contributed by atoms with Crippen LogP contribution in [0.2, 0.25) is 10.0 Å². The molecule has 21 heavy (non-hydrogen) atoms. The normalized spacial score (nSPS) is 10.4. The van der Waals surface area contributed by atoms with E-state index in [1.54, 1.807) is 30.0 Å². The molecule has 0 unspecified atom stereocenters. The van der Waals surface area contributed by atoms with Crippen LogP contribution in [-0.2, 0) is 4.79 Å². The third kappa shape index (κ3) is 4.92. The van der Waals surface area contributed by atoms with Gasteiger partial charge in [-0.3, -0.25) is 4.79 Å². The van der Waals surface area contributed by atoms with Crippen LogP contribution >= 0.6 is 50.9 Å². The molecule has 0 aromatic heterocycles. The summed E-state index contributed by atoms with van der Waals surface area (Å²) in [6, 6.07) is 13.0. The van der Waals surface area contributed by atoms with Gasteiger partial charge in [0.05, 0.1) is 15.7 Å². The Morgan fingerprint density at radius 1 is 1.10 bits per heavy atom. The van der Waals surface area contributed by atoms with E-state index in [9.17, 15) is 4.79 Å². The number of hydrogen-bond donors (Lipinski definition) is 1. The van der Waals surface area contributed by atoms with Crippen molar-refractivity contribution in [2.75, 3.05) is 11.1 Å². The largest absolute Gasteiger partial charge is 0.324 e. The number of halogens is 3. The minimum atomic E-state index is -0.107. The summed E-state index contributed by atoms with van der Waals surface area (Å²) < 4.78 is 1.03. The van der Waals surface area contributed by atoms with Gasteiger partial charge < -0.3 is 5.32 Å². The van der Waals surface area contributed by atoms with Gasteiger partial charge in [-0.15, -0.1) is 11.8 Å². The molecule has 2 nitrogen and oxygen atoms in total. The van der Waals surface area contributed by atoms with E-state index in [0.717, 1.165) is 9.37 Å². The first kappa shape index (κ1) is 16.7. The Hall–Kier alpha value is -0.680. The smallest absolute Gasteiger partial charge is 0.225 e. The Morgan fingerprint density at radius 2 is 1.76 bits per heavy atom. The van der Waals surface area contributed by atoms with Crippen molar-refractivity contribution < 1.29 is 4.79 Å². The van der Waals surface area contributed by atoms with Gasteiger partial charge in [-0.05, 0) is 40.2 Å². The summed E-state index contributed by atoms with van der Waals surface area (Å²) in [4.78, 5) is 13.1. The minimum Gasteiger partial charge on any atom is -0.324 e. The van der Waals surface area contributed by atoms with E-state index in [1.807, 2.05) is 24.3 Å². The SMILES string of the molecule is O=C(CCSc1ccccc1Br)Nc1c(Cl)cccc1Cl. The van der Waals surface area contributed by atoms with E-state index in [1.165, 1.54) is 0 Å². The van der Waals surface area contributed by atoms with Crippen LogP contribution in [0.15, 0.2) is 51.8 Å². The summed E-state index contributed by atoms with van der Waals surface area (Å²) in [6.07, 6.45) is 0.382. The molecule has 1 N–H and O–H groups in total. The lowest BCUT2D eigenvalue weighted by Gasteiger charge is -2.09. The van der Waals surface area contributed by atoms with Crippen molar-refractivity contribution in [2.24, 2.45) is 0 Å². The molecule has 2 rings (SSSR count). The number of thioether (sulfide) groups is 1. The second-order valence-corrected chi connectivity index (χ2v) is 6.98. The van der Waals surface area contributed by atoms with Gasteiger partial charge in [-0.1, -0.05) is 41.4 Å². The van der Waals surface area contributed by atoms with Crippen LogP contribution < -0.4 is 5.32 Å². The fourth-order valence-electron chi connectivity index (χ4n) is 1.63. The second-order valence-electron chi connectivity index (χ2n) is 4.17. The summed E-state index contributed by atoms with van der Waals surface area (Å²) in [5.41, 5.74) is 0.469. The second kappa shape index (κ2) is 8.08. The van der Waals surface area contributed by atoms with Gasteiger partial charge in [-0.2, -0.15) is 0 Å². The number of carbonyl (C=O) groups excluding carboxylic acids is 1. The molecule has 0 spiro atoms. The monoisotopic (exact) mass is 403 g/mol. The maximum Gasteiger partial charge on any atom is 0.225 e. The zero-order valence-corrected chi connectivity index (χ0v) is 14.8. The van der Waals surface area contributed by atoms with Crippen LogP contribution in [0.5, 0.6) is 0 Å². The average molecular weight is 405 g/mol. The highest BCUT2D eigenvalue weighted by atomic mass is 79.9. The fraction of sp³-hybridized carbons (Fsp3) is 0.133. The molecule has 0 aliphatic rings. The third-order valence-electron chi connectivity index (χ3n) is 2.65. The van der Waals surface area contributed by atoms with E-state index in [4.69, 9.17) is 23.2 Å². The maximum absolute atomic E-state index is 11.9. The van der Waals surface area contributed by atoms with E-state index in [-0.39, 0.29) is 5.91 Å². The topological polar surface area (TPSA) is 29.1 Å². The Balaban J connectivity index is 1.87. The number of rotatable bonds is 5. The van der Waals surface area contributed by atoms with Gasteiger partial charge in [-0.25, -0.2) is 0 Å². The predicted octanol–water partition coefficient (Wildman–Crippen LogP) is 5.88. The van der Waals surface area contributed by atoms with Crippen LogP contribution in [0, 0.1) is 0 Å². The highest BCUT2D eigenvalue weighted by Crippen LogP contribution is 2.30. The van der Waals surface area contributed by atoms with Crippen LogP contribution in [-0.4, -0.2) is 11.7 Å². The molecule has 2 aromatic rings. The molecule has 6 heteroatoms. The fourth-order valence-corrected chi connectivity index (χ4v) is 3.64. The number of carbonyl (C=O) groups is 1. The molecular formula is C15H12BrCl2NOS. The zero-order valence-electron chi connectivity index (χ0n) is 10.9. The Bertz CT molecular complexity index is 631. The van der Waals surface area contributed by atoms with Crippen molar-refractivity contribution in [3.63, 3.8) is 0 Å². The summed E-state index contributed by atoms with van der Waals surface area (Å²) >= 11 is 17.1. The molecule has 110 valence electrons. The van der Waals surface area contributed by atoms with Crippen LogP contribution in [0.3, 0.4) is 0 Å². The molecule has 0 aliphatic heterocycles. The molecule has 0 aliphatic carbocycles. The standard InChI is InChI=1S/C15H12BrCl2NOS/c16-10-4-1-2-7-13(10)21-9-8-14(20)19-15-11(17)5-3-6-12(15)18/h1-7H,8-9H2,(H,19,20). The Morgan fingerprint density at radius 3 is 2.43 bits per heavy atom. The van der Waals surface area contributed by atoms with Gasteiger partial charge in [0.2, 0.25) is 5.91 Å². The van der Waals surface area contributed by atoms with Gasteiger partial charge >= 0.3 is 0 Å². The van der Waals surface area contributed by atoms with Crippen molar-refractivity contribution in [3.05, 3.63) is 57.0 Å². The lowest BCUT2D eigenvalue weighted by Crippen LogP contribution is -2.12. The van der Waals surface area contributed by atoms with Gasteiger partial charge in [0, 0.05) is 21.5 Å². The number of nitrogens with one attached hydrogen (secondary N) is 1. The van der Waals surface area contributed by atoms with Crippen molar-refractivity contribution >= 4 is 62.5 Å². The van der Waals surface area contributed by atoms with Gasteiger partial charge in [0.25, 0.3) is 0 Å². The van der Waals surface area contributed by atoms with E-state index >= 15 is 0 Å². The summed E-state index contributed by atoms with van der Waals surface area (Å²) in [5, 5.41) is 3.63. The zero-order chi connectivity index (χ0) is 15.2. The predicted molar refractivity (Wildman–Crippen MR) is 94.6 cm³/mol. The highest BCUT2D eigenvalue weighted by molar-refractivity contribution is 9.10. The number of hydrogen-bond acceptors (Lipinski definition) is 2. The van der Waals surface area contributed by atoms with E-state index in [0.29, 0.717) is 27.9 Å². The molecule has 0 radical (unpaired) electrons. The van der Waals surface area contributed by atoms with Gasteiger partial charge in [0.1, 0.15) is 0 Å². The Kier molecular flexibility index (Phi) is 6.42. The first-order valence-corrected chi connectivity index (χ1v) is 8.72. The summed E-state index contributed by atoms with van der Waals surface area (Å²) in [5.74, 6) is 0.570. The quantitative estimate of drug-likeness (QED) is 0.630. The van der Waals surface area contributed by atoms with Crippen molar-refractivity contribution in [2.45, 2.75) is 11.3 Å². The van der Waals surface area contributed by atoms with Crippen LogP contribution in [0.1, 0.15) is 6.42 Å². The highest BCUT2D eigenvalue weighted by Gasteiger charge is 2.09. The number of amides is 1. The molecule has 0 saturated heterocycles. The number of anilines is 1. The molecular weight excluding hydrogens is 393 g/mol. The van der Waals surface area contributed by atoms with Crippen LogP contribution in [0.4, 0.5) is 5.69 Å². The van der Waals surface area contributed by atoms with E-state index < -0.39 is 0 Å². The Labute approximate surface area is 146 Å². The molecule has 1 amide bonds. The molecule has 0 saturated carbocycles. The average Bonchev–Trinajstić information content (AvgIpc) is 2.45. The van der Waals surface area contributed by atoms with Gasteiger partial charge in [0.15, 0.2) is 0 Å². The van der Waals surface area contributed by atoms with Crippen molar-refractivity contribution in [3.8, 4) is 0 Å². The summed E-state index contributed by atoms with van der Waals surface area (Å²) in [7, 11) is 0. The third-order valence-corrected chi connectivity index (χ3v) is 5.31.